The molecule has 25 heavy (non-hydrogen) atoms. The fraction of sp³-hybridized carbons (Fsp3) is 0.533. The van der Waals surface area contributed by atoms with Crippen molar-refractivity contribution in [1.29, 1.82) is 0 Å². The lowest BCUT2D eigenvalue weighted by atomic mass is 10.1. The van der Waals surface area contributed by atoms with Gasteiger partial charge in [0.25, 0.3) is 0 Å². The lowest BCUT2D eigenvalue weighted by molar-refractivity contribution is -0.153. The maximum Gasteiger partial charge on any atom is 0.333 e. The van der Waals surface area contributed by atoms with Crippen LogP contribution in [0.5, 0.6) is 0 Å². The molecule has 0 aromatic heterocycles. The van der Waals surface area contributed by atoms with Gasteiger partial charge in [-0.2, -0.15) is 0 Å². The van der Waals surface area contributed by atoms with Crippen LogP contribution in [-0.4, -0.2) is 74.4 Å². The van der Waals surface area contributed by atoms with E-state index in [9.17, 15) is 24.6 Å². The van der Waals surface area contributed by atoms with Crippen LogP contribution in [0.2, 0.25) is 0 Å². The van der Waals surface area contributed by atoms with Gasteiger partial charge in [-0.15, -0.1) is 0 Å². The van der Waals surface area contributed by atoms with Crippen molar-refractivity contribution < 1.29 is 44.3 Å². The van der Waals surface area contributed by atoms with Crippen LogP contribution in [0.25, 0.3) is 0 Å². The second-order valence-corrected chi connectivity index (χ2v) is 5.62. The number of aliphatic carboxylic acids is 2. The fourth-order valence-electron chi connectivity index (χ4n) is 2.45. The molecule has 2 heterocycles. The van der Waals surface area contributed by atoms with Gasteiger partial charge in [0.15, 0.2) is 6.23 Å². The first-order valence-electron chi connectivity index (χ1n) is 7.56. The van der Waals surface area contributed by atoms with E-state index in [1.807, 2.05) is 0 Å². The van der Waals surface area contributed by atoms with Gasteiger partial charge in [0.1, 0.15) is 24.9 Å². The smallest absolute Gasteiger partial charge is 0.333 e. The normalized spacial score (nSPS) is 28.6. The van der Waals surface area contributed by atoms with E-state index in [2.05, 4.69) is 0 Å². The lowest BCUT2D eigenvalue weighted by Crippen LogP contribution is -2.40. The molecule has 0 aromatic rings. The number of hydrogen-bond donors (Lipinski definition) is 4. The Morgan fingerprint density at radius 2 is 1.92 bits per heavy atom. The predicted octanol–water partition coefficient (Wildman–Crippen LogP) is -0.971. The van der Waals surface area contributed by atoms with E-state index in [1.165, 1.54) is 17.3 Å². The number of carbonyl (C=O) groups is 3. The number of carbonyl (C=O) groups excluding carboxylic acids is 1. The average Bonchev–Trinajstić information content (AvgIpc) is 2.86. The van der Waals surface area contributed by atoms with Crippen molar-refractivity contribution in [2.75, 3.05) is 6.61 Å². The van der Waals surface area contributed by atoms with Crippen LogP contribution in [0.3, 0.4) is 0 Å². The molecule has 138 valence electrons. The van der Waals surface area contributed by atoms with Crippen molar-refractivity contribution in [2.45, 2.75) is 43.8 Å². The largest absolute Gasteiger partial charge is 0.481 e. The van der Waals surface area contributed by atoms with E-state index in [0.717, 1.165) is 0 Å². The van der Waals surface area contributed by atoms with Gasteiger partial charge in [-0.25, -0.2) is 4.79 Å². The number of carboxylic acids is 2. The molecule has 1 fully saturated rings. The molecule has 0 saturated carbocycles. The molecule has 10 nitrogen and oxygen atoms in total. The first-order chi connectivity index (χ1) is 11.8. The standard InChI is InChI=1S/C15H19NO9/c17-10(18)3-4-11(19)24-7-9-12(20)13(21)14(25-9)16-5-1-2-8(6-16)15(22)23/h1,5-6,9,12-14,20-21H,2-4,7H2,(H,17,18)(H,22,23)/t9-,12-,13-,14-/m1/s1. The molecule has 2 aliphatic rings. The summed E-state index contributed by atoms with van der Waals surface area (Å²) in [4.78, 5) is 34.2. The summed E-state index contributed by atoms with van der Waals surface area (Å²) in [6, 6.07) is 0. The van der Waals surface area contributed by atoms with Crippen molar-refractivity contribution in [2.24, 2.45) is 0 Å². The molecule has 0 aromatic carbocycles. The molecule has 0 amide bonds. The minimum atomic E-state index is -1.35. The number of aliphatic hydroxyl groups is 2. The van der Waals surface area contributed by atoms with Gasteiger partial charge < -0.3 is 34.8 Å². The van der Waals surface area contributed by atoms with Crippen LogP contribution in [0.15, 0.2) is 24.0 Å². The van der Waals surface area contributed by atoms with Crippen molar-refractivity contribution in [3.05, 3.63) is 24.0 Å². The Morgan fingerprint density at radius 3 is 2.56 bits per heavy atom. The molecule has 0 unspecified atom stereocenters. The molecule has 0 spiro atoms. The predicted molar refractivity (Wildman–Crippen MR) is 79.8 cm³/mol. The molecular formula is C15H19NO9. The third-order valence-electron chi connectivity index (χ3n) is 3.78. The van der Waals surface area contributed by atoms with Gasteiger partial charge in [-0.05, 0) is 0 Å². The van der Waals surface area contributed by atoms with Gasteiger partial charge in [0.05, 0.1) is 18.4 Å². The Kier molecular flexibility index (Phi) is 6.12. The number of carboxylic acid groups (broad SMARTS) is 2. The minimum absolute atomic E-state index is 0.0938. The highest BCUT2D eigenvalue weighted by Gasteiger charge is 2.45. The van der Waals surface area contributed by atoms with Gasteiger partial charge in [-0.1, -0.05) is 6.08 Å². The van der Waals surface area contributed by atoms with Crippen LogP contribution < -0.4 is 0 Å². The number of ether oxygens (including phenoxy) is 2. The summed E-state index contributed by atoms with van der Waals surface area (Å²) < 4.78 is 10.3. The second-order valence-electron chi connectivity index (χ2n) is 5.62. The van der Waals surface area contributed by atoms with E-state index < -0.39 is 42.4 Å². The van der Waals surface area contributed by atoms with Crippen LogP contribution in [-0.2, 0) is 23.9 Å². The summed E-state index contributed by atoms with van der Waals surface area (Å²) in [6.45, 7) is -0.361. The topological polar surface area (TPSA) is 154 Å². The van der Waals surface area contributed by atoms with Gasteiger partial charge in [0, 0.05) is 18.8 Å². The first-order valence-corrected chi connectivity index (χ1v) is 7.56. The van der Waals surface area contributed by atoms with Crippen LogP contribution in [0, 0.1) is 0 Å². The van der Waals surface area contributed by atoms with Gasteiger partial charge >= 0.3 is 17.9 Å². The van der Waals surface area contributed by atoms with Crippen molar-refractivity contribution in [3.63, 3.8) is 0 Å². The maximum absolute atomic E-state index is 11.4. The van der Waals surface area contributed by atoms with Crippen LogP contribution in [0.4, 0.5) is 0 Å². The van der Waals surface area contributed by atoms with Gasteiger partial charge in [-0.3, -0.25) is 9.59 Å². The Morgan fingerprint density at radius 1 is 1.20 bits per heavy atom. The number of rotatable bonds is 7. The third kappa shape index (κ3) is 4.78. The van der Waals surface area contributed by atoms with E-state index >= 15 is 0 Å². The molecular weight excluding hydrogens is 338 g/mol. The fourth-order valence-corrected chi connectivity index (χ4v) is 2.45. The minimum Gasteiger partial charge on any atom is -0.481 e. The van der Waals surface area contributed by atoms with Crippen molar-refractivity contribution in [1.82, 2.24) is 4.90 Å². The van der Waals surface area contributed by atoms with Crippen LogP contribution >= 0.6 is 0 Å². The maximum atomic E-state index is 11.4. The second kappa shape index (κ2) is 8.10. The quantitative estimate of drug-likeness (QED) is 0.418. The van der Waals surface area contributed by atoms with Crippen molar-refractivity contribution in [3.8, 4) is 0 Å². The number of hydrogen-bond acceptors (Lipinski definition) is 8. The summed E-state index contributed by atoms with van der Waals surface area (Å²) in [5.41, 5.74) is 0.0938. The molecule has 0 radical (unpaired) electrons. The molecule has 0 aliphatic carbocycles. The van der Waals surface area contributed by atoms with E-state index in [1.54, 1.807) is 6.08 Å². The first kappa shape index (κ1) is 18.9. The highest BCUT2D eigenvalue weighted by molar-refractivity contribution is 5.87. The van der Waals surface area contributed by atoms with E-state index in [4.69, 9.17) is 19.7 Å². The summed E-state index contributed by atoms with van der Waals surface area (Å²) >= 11 is 0. The SMILES string of the molecule is O=C(O)CCC(=O)OC[C@H]1O[C@@H](N2C=CCC(C(=O)O)=C2)[C@H](O)[C@@H]1O. The zero-order chi connectivity index (χ0) is 18.6. The van der Waals surface area contributed by atoms with Crippen molar-refractivity contribution >= 4 is 17.9 Å². The average molecular weight is 357 g/mol. The number of aliphatic hydroxyl groups excluding tert-OH is 2. The van der Waals surface area contributed by atoms with Crippen LogP contribution in [0.1, 0.15) is 19.3 Å². The Balaban J connectivity index is 1.93. The molecule has 2 rings (SSSR count). The number of allylic oxidation sites excluding steroid dienone is 1. The summed E-state index contributed by atoms with van der Waals surface area (Å²) in [7, 11) is 0. The Labute approximate surface area is 142 Å². The zero-order valence-electron chi connectivity index (χ0n) is 13.1. The highest BCUT2D eigenvalue weighted by Crippen LogP contribution is 2.27. The van der Waals surface area contributed by atoms with Gasteiger partial charge in [0.2, 0.25) is 0 Å². The molecule has 10 heteroatoms. The Bertz CT molecular complexity index is 600. The van der Waals surface area contributed by atoms with E-state index in [-0.39, 0.29) is 31.4 Å². The summed E-state index contributed by atoms with van der Waals surface area (Å²) in [5.74, 6) is -3.00. The summed E-state index contributed by atoms with van der Waals surface area (Å²) in [5, 5.41) is 37.6. The Hall–Kier alpha value is -2.43. The highest BCUT2D eigenvalue weighted by atomic mass is 16.6. The lowest BCUT2D eigenvalue weighted by Gasteiger charge is -2.28. The summed E-state index contributed by atoms with van der Waals surface area (Å²) in [6.07, 6.45) is -0.838. The molecule has 1 saturated heterocycles. The molecule has 4 N–H and O–H groups in total. The zero-order valence-corrected chi connectivity index (χ0v) is 13.1. The number of esters is 1. The van der Waals surface area contributed by atoms with E-state index in [0.29, 0.717) is 0 Å². The number of nitrogens with zero attached hydrogens (tertiary/aromatic N) is 1. The monoisotopic (exact) mass is 357 g/mol. The molecule has 0 bridgehead atoms. The third-order valence-corrected chi connectivity index (χ3v) is 3.78. The molecule has 2 aliphatic heterocycles. The molecule has 4 atom stereocenters.